The number of hydrogen-bond acceptors (Lipinski definition) is 1. The van der Waals surface area contributed by atoms with Gasteiger partial charge < -0.3 is 21.7 Å². The molecule has 0 amide bonds. The summed E-state index contributed by atoms with van der Waals surface area (Å²) in [6, 6.07) is 42.6. The van der Waals surface area contributed by atoms with Gasteiger partial charge in [0, 0.05) is 0 Å². The molecule has 0 saturated carbocycles. The van der Waals surface area contributed by atoms with E-state index < -0.39 is 7.26 Å². The lowest BCUT2D eigenvalue weighted by molar-refractivity contribution is -0.00000720. The summed E-state index contributed by atoms with van der Waals surface area (Å²) in [4.78, 5) is 0. The first kappa shape index (κ1) is 26.1. The second-order valence-corrected chi connectivity index (χ2v) is 13.0. The van der Waals surface area contributed by atoms with E-state index in [-0.39, 0.29) is 17.0 Å². The molecule has 0 saturated heterocycles. The Balaban J connectivity index is 0.00000304. The SMILES string of the molecule is COc1cc(C)c2cc(C(C)[P+](c3ccccc3)(c3ccccc3)c3ccccc3)ccc2c1C.[Br-]. The molecule has 0 spiro atoms. The third kappa shape index (κ3) is 4.38. The third-order valence-electron chi connectivity index (χ3n) is 7.36. The number of rotatable bonds is 6. The van der Waals surface area contributed by atoms with E-state index >= 15 is 0 Å². The van der Waals surface area contributed by atoms with Crippen molar-refractivity contribution < 1.29 is 21.7 Å². The molecular formula is C33H32BrOP. The van der Waals surface area contributed by atoms with Crippen LogP contribution in [0.1, 0.15) is 29.3 Å². The smallest absolute Gasteiger partial charge is 0.122 e. The first-order chi connectivity index (χ1) is 17.1. The zero-order valence-corrected chi connectivity index (χ0v) is 23.8. The molecule has 5 aromatic carbocycles. The summed E-state index contributed by atoms with van der Waals surface area (Å²) in [5, 5.41) is 6.80. The normalized spacial score (nSPS) is 12.1. The van der Waals surface area contributed by atoms with Crippen LogP contribution < -0.4 is 37.6 Å². The minimum absolute atomic E-state index is 0. The molecule has 0 aliphatic heterocycles. The second-order valence-electron chi connectivity index (χ2n) is 9.23. The van der Waals surface area contributed by atoms with Crippen molar-refractivity contribution in [2.75, 3.05) is 7.11 Å². The van der Waals surface area contributed by atoms with E-state index in [9.17, 15) is 0 Å². The zero-order chi connectivity index (χ0) is 24.4. The van der Waals surface area contributed by atoms with E-state index in [0.29, 0.717) is 5.66 Å². The molecule has 5 aromatic rings. The molecule has 3 heteroatoms. The van der Waals surface area contributed by atoms with E-state index in [1.807, 2.05) is 0 Å². The third-order valence-corrected chi connectivity index (χ3v) is 12.2. The van der Waals surface area contributed by atoms with Crippen LogP contribution in [0, 0.1) is 13.8 Å². The van der Waals surface area contributed by atoms with Crippen LogP contribution in [0.15, 0.2) is 115 Å². The highest BCUT2D eigenvalue weighted by atomic mass is 79.9. The van der Waals surface area contributed by atoms with Gasteiger partial charge in [-0.3, -0.25) is 0 Å². The fraction of sp³-hybridized carbons (Fsp3) is 0.152. The lowest BCUT2D eigenvalue weighted by Crippen LogP contribution is -3.00. The maximum Gasteiger partial charge on any atom is 0.122 e. The van der Waals surface area contributed by atoms with Gasteiger partial charge in [0.1, 0.15) is 34.6 Å². The van der Waals surface area contributed by atoms with Crippen molar-refractivity contribution >= 4 is 33.9 Å². The first-order valence-corrected chi connectivity index (χ1v) is 14.1. The summed E-state index contributed by atoms with van der Waals surface area (Å²) in [7, 11) is -0.259. The summed E-state index contributed by atoms with van der Waals surface area (Å²) < 4.78 is 5.64. The van der Waals surface area contributed by atoms with Gasteiger partial charge >= 0.3 is 0 Å². The molecule has 1 nitrogen and oxygen atoms in total. The monoisotopic (exact) mass is 554 g/mol. The molecule has 0 aromatic heterocycles. The van der Waals surface area contributed by atoms with Gasteiger partial charge in [-0.15, -0.1) is 0 Å². The minimum Gasteiger partial charge on any atom is -1.00 e. The van der Waals surface area contributed by atoms with Crippen LogP contribution in [0.25, 0.3) is 10.8 Å². The van der Waals surface area contributed by atoms with Gasteiger partial charge in [-0.25, -0.2) is 0 Å². The molecule has 0 radical (unpaired) electrons. The van der Waals surface area contributed by atoms with Gasteiger partial charge in [-0.05, 0) is 96.8 Å². The lowest BCUT2D eigenvalue weighted by Gasteiger charge is -2.33. The van der Waals surface area contributed by atoms with Crippen LogP contribution in [0.5, 0.6) is 5.75 Å². The van der Waals surface area contributed by atoms with E-state index in [1.165, 1.54) is 43.4 Å². The highest BCUT2D eigenvalue weighted by Crippen LogP contribution is 2.66. The fourth-order valence-electron chi connectivity index (χ4n) is 5.53. The average Bonchev–Trinajstić information content (AvgIpc) is 2.92. The Morgan fingerprint density at radius 3 is 1.53 bits per heavy atom. The number of benzene rings is 5. The predicted molar refractivity (Wildman–Crippen MR) is 154 cm³/mol. The van der Waals surface area contributed by atoms with Gasteiger partial charge in [-0.1, -0.05) is 66.7 Å². The molecule has 0 heterocycles. The van der Waals surface area contributed by atoms with Gasteiger partial charge in [0.2, 0.25) is 0 Å². The Hall–Kier alpha value is -2.93. The van der Waals surface area contributed by atoms with E-state index in [1.54, 1.807) is 7.11 Å². The number of halogens is 1. The van der Waals surface area contributed by atoms with Crippen LogP contribution in [0.4, 0.5) is 0 Å². The average molecular weight is 555 g/mol. The van der Waals surface area contributed by atoms with Crippen LogP contribution >= 0.6 is 7.26 Å². The molecule has 5 rings (SSSR count). The summed E-state index contributed by atoms with van der Waals surface area (Å²) in [5.74, 6) is 0.954. The van der Waals surface area contributed by atoms with Crippen molar-refractivity contribution in [2.24, 2.45) is 0 Å². The first-order valence-electron chi connectivity index (χ1n) is 12.2. The minimum atomic E-state index is -2.01. The molecule has 0 aliphatic rings. The maximum atomic E-state index is 5.64. The number of aryl methyl sites for hydroxylation is 2. The maximum absolute atomic E-state index is 5.64. The molecule has 1 atom stereocenters. The standard InChI is InChI=1S/C33H32OP.BrH/c1-24-22-33(34-4)25(2)31-21-20-27(23-32(24)31)26(3)35(28-14-8-5-9-15-28,29-16-10-6-11-17-29)30-18-12-7-13-19-30;/h5-23,26H,1-4H3;1H/q+1;/p-1. The van der Waals surface area contributed by atoms with E-state index in [0.717, 1.165) is 5.75 Å². The van der Waals surface area contributed by atoms with Crippen LogP contribution in [0.2, 0.25) is 0 Å². The highest BCUT2D eigenvalue weighted by Gasteiger charge is 2.50. The van der Waals surface area contributed by atoms with Crippen molar-refractivity contribution in [2.45, 2.75) is 26.4 Å². The molecule has 1 unspecified atom stereocenters. The van der Waals surface area contributed by atoms with Crippen LogP contribution in [0.3, 0.4) is 0 Å². The Morgan fingerprint density at radius 2 is 1.08 bits per heavy atom. The highest BCUT2D eigenvalue weighted by molar-refractivity contribution is 7.95. The summed E-state index contributed by atoms with van der Waals surface area (Å²) in [6.45, 7) is 6.76. The Labute approximate surface area is 226 Å². The van der Waals surface area contributed by atoms with Crippen molar-refractivity contribution in [3.63, 3.8) is 0 Å². The lowest BCUT2D eigenvalue weighted by atomic mass is 9.97. The Kier molecular flexibility index (Phi) is 7.98. The van der Waals surface area contributed by atoms with Crippen LogP contribution in [-0.4, -0.2) is 7.11 Å². The van der Waals surface area contributed by atoms with Gasteiger partial charge in [-0.2, -0.15) is 0 Å². The Morgan fingerprint density at radius 1 is 0.611 bits per heavy atom. The molecule has 0 N–H and O–H groups in total. The van der Waals surface area contributed by atoms with Gasteiger partial charge in [0.05, 0.1) is 7.11 Å². The number of hydrogen-bond donors (Lipinski definition) is 0. The number of ether oxygens (including phenoxy) is 1. The largest absolute Gasteiger partial charge is 1.00 e. The van der Waals surface area contributed by atoms with Crippen molar-refractivity contribution in [1.82, 2.24) is 0 Å². The summed E-state index contributed by atoms with van der Waals surface area (Å²) in [5.41, 5.74) is 4.11. The molecule has 0 fully saturated rings. The van der Waals surface area contributed by atoms with E-state index in [4.69, 9.17) is 4.74 Å². The molecule has 0 aliphatic carbocycles. The molecular weight excluding hydrogens is 523 g/mol. The predicted octanol–water partition coefficient (Wildman–Crippen LogP) is 4.52. The number of fused-ring (bicyclic) bond motifs is 1. The summed E-state index contributed by atoms with van der Waals surface area (Å²) >= 11 is 0. The van der Waals surface area contributed by atoms with Crippen molar-refractivity contribution in [1.29, 1.82) is 0 Å². The molecule has 0 bridgehead atoms. The van der Waals surface area contributed by atoms with Gasteiger partial charge in [0.25, 0.3) is 0 Å². The van der Waals surface area contributed by atoms with Crippen molar-refractivity contribution in [3.8, 4) is 5.75 Å². The van der Waals surface area contributed by atoms with E-state index in [2.05, 4.69) is 136 Å². The second kappa shape index (κ2) is 11.0. The molecule has 36 heavy (non-hydrogen) atoms. The summed E-state index contributed by atoms with van der Waals surface area (Å²) in [6.07, 6.45) is 0. The van der Waals surface area contributed by atoms with Gasteiger partial charge in [0.15, 0.2) is 0 Å². The number of methoxy groups -OCH3 is 1. The van der Waals surface area contributed by atoms with Crippen LogP contribution in [-0.2, 0) is 0 Å². The fourth-order valence-corrected chi connectivity index (χ4v) is 10.3. The van der Waals surface area contributed by atoms with Crippen molar-refractivity contribution in [3.05, 3.63) is 132 Å². The molecule has 182 valence electrons. The Bertz CT molecular complexity index is 1350. The zero-order valence-electron chi connectivity index (χ0n) is 21.3. The quantitative estimate of drug-likeness (QED) is 0.280. The topological polar surface area (TPSA) is 9.23 Å².